The minimum atomic E-state index is -0.967. The predicted molar refractivity (Wildman–Crippen MR) is 65.0 cm³/mol. The van der Waals surface area contributed by atoms with Crippen molar-refractivity contribution < 1.29 is 28.9 Å². The number of hydrogen-bond donors (Lipinski definition) is 3. The third-order valence-corrected chi connectivity index (χ3v) is 2.68. The van der Waals surface area contributed by atoms with Crippen LogP contribution >= 0.6 is 0 Å². The Bertz CT molecular complexity index is 299. The summed E-state index contributed by atoms with van der Waals surface area (Å²) in [5, 5.41) is 14.1. The van der Waals surface area contributed by atoms with Crippen molar-refractivity contribution in [2.45, 2.75) is 6.04 Å². The second-order valence-corrected chi connectivity index (χ2v) is 4.09. The number of methoxy groups -OCH3 is 1. The summed E-state index contributed by atoms with van der Waals surface area (Å²) in [5.41, 5.74) is 0. The van der Waals surface area contributed by atoms with Gasteiger partial charge in [-0.3, -0.25) is 4.79 Å². The maximum atomic E-state index is 11.5. The first-order chi connectivity index (χ1) is 9.15. The number of hydrogen-bond acceptors (Lipinski definition) is 5. The summed E-state index contributed by atoms with van der Waals surface area (Å²) in [6, 6.07) is -0.913. The third kappa shape index (κ3) is 5.86. The van der Waals surface area contributed by atoms with Gasteiger partial charge in [0.05, 0.1) is 39.1 Å². The number of ether oxygens (including phenoxy) is 3. The first-order valence-electron chi connectivity index (χ1n) is 6.06. The van der Waals surface area contributed by atoms with Crippen LogP contribution in [0, 0.1) is 5.92 Å². The van der Waals surface area contributed by atoms with Crippen molar-refractivity contribution in [3.05, 3.63) is 0 Å². The highest BCUT2D eigenvalue weighted by Gasteiger charge is 2.34. The summed E-state index contributed by atoms with van der Waals surface area (Å²) in [4.78, 5) is 22.4. The van der Waals surface area contributed by atoms with Gasteiger partial charge >= 0.3 is 12.0 Å². The summed E-state index contributed by atoms with van der Waals surface area (Å²) in [6.45, 7) is 2.04. The van der Waals surface area contributed by atoms with E-state index >= 15 is 0 Å². The lowest BCUT2D eigenvalue weighted by Gasteiger charge is -2.16. The molecule has 0 aliphatic carbocycles. The van der Waals surface area contributed by atoms with Gasteiger partial charge in [0.2, 0.25) is 0 Å². The molecule has 8 heteroatoms. The molecule has 1 fully saturated rings. The van der Waals surface area contributed by atoms with E-state index in [2.05, 4.69) is 10.6 Å². The van der Waals surface area contributed by atoms with Crippen LogP contribution in [0.1, 0.15) is 0 Å². The van der Waals surface area contributed by atoms with E-state index in [4.69, 9.17) is 19.3 Å². The molecule has 8 nitrogen and oxygen atoms in total. The van der Waals surface area contributed by atoms with Crippen molar-refractivity contribution in [2.24, 2.45) is 5.92 Å². The number of amides is 2. The molecule has 2 unspecified atom stereocenters. The van der Waals surface area contributed by atoms with Crippen LogP contribution in [-0.4, -0.2) is 69.8 Å². The third-order valence-electron chi connectivity index (χ3n) is 2.68. The molecule has 110 valence electrons. The van der Waals surface area contributed by atoms with E-state index < -0.39 is 24.0 Å². The molecule has 3 N–H and O–H groups in total. The van der Waals surface area contributed by atoms with Crippen molar-refractivity contribution in [3.8, 4) is 0 Å². The van der Waals surface area contributed by atoms with Crippen molar-refractivity contribution in [1.82, 2.24) is 10.6 Å². The fourth-order valence-electron chi connectivity index (χ4n) is 1.64. The molecule has 1 aliphatic heterocycles. The van der Waals surface area contributed by atoms with Gasteiger partial charge in [0.1, 0.15) is 5.92 Å². The molecule has 0 radical (unpaired) electrons. The average Bonchev–Trinajstić information content (AvgIpc) is 2.81. The fourth-order valence-corrected chi connectivity index (χ4v) is 1.64. The van der Waals surface area contributed by atoms with Crippen molar-refractivity contribution in [2.75, 3.05) is 46.7 Å². The van der Waals surface area contributed by atoms with Gasteiger partial charge in [-0.2, -0.15) is 0 Å². The molecule has 1 saturated heterocycles. The molecule has 1 rings (SSSR count). The number of urea groups is 1. The Morgan fingerprint density at radius 3 is 2.79 bits per heavy atom. The second-order valence-electron chi connectivity index (χ2n) is 4.09. The largest absolute Gasteiger partial charge is 0.481 e. The molecule has 1 aliphatic rings. The van der Waals surface area contributed by atoms with Crippen LogP contribution in [0.3, 0.4) is 0 Å². The molecule has 19 heavy (non-hydrogen) atoms. The average molecular weight is 276 g/mol. The van der Waals surface area contributed by atoms with E-state index in [0.717, 1.165) is 0 Å². The van der Waals surface area contributed by atoms with Crippen LogP contribution in [0.25, 0.3) is 0 Å². The molecule has 2 amide bonds. The van der Waals surface area contributed by atoms with Crippen LogP contribution in [0.15, 0.2) is 0 Å². The van der Waals surface area contributed by atoms with E-state index in [9.17, 15) is 9.59 Å². The van der Waals surface area contributed by atoms with Gasteiger partial charge in [0.25, 0.3) is 0 Å². The zero-order valence-corrected chi connectivity index (χ0v) is 10.9. The summed E-state index contributed by atoms with van der Waals surface area (Å²) in [6.07, 6.45) is 0. The Labute approximate surface area is 111 Å². The maximum absolute atomic E-state index is 11.5. The number of carboxylic acid groups (broad SMARTS) is 1. The van der Waals surface area contributed by atoms with Crippen molar-refractivity contribution >= 4 is 12.0 Å². The molecule has 2 atom stereocenters. The smallest absolute Gasteiger partial charge is 0.315 e. The van der Waals surface area contributed by atoms with Gasteiger partial charge in [-0.1, -0.05) is 0 Å². The maximum Gasteiger partial charge on any atom is 0.315 e. The summed E-state index contributed by atoms with van der Waals surface area (Å²) < 4.78 is 15.0. The Morgan fingerprint density at radius 1 is 1.32 bits per heavy atom. The molecule has 1 heterocycles. The van der Waals surface area contributed by atoms with Crippen LogP contribution in [0.4, 0.5) is 4.79 Å². The zero-order chi connectivity index (χ0) is 14.1. The lowest BCUT2D eigenvalue weighted by Crippen LogP contribution is -2.47. The van der Waals surface area contributed by atoms with Gasteiger partial charge in [-0.25, -0.2) is 4.79 Å². The highest BCUT2D eigenvalue weighted by Crippen LogP contribution is 2.13. The van der Waals surface area contributed by atoms with Crippen LogP contribution < -0.4 is 10.6 Å². The molecule has 0 aromatic heterocycles. The van der Waals surface area contributed by atoms with Gasteiger partial charge in [-0.15, -0.1) is 0 Å². The number of carbonyl (C=O) groups is 2. The van der Waals surface area contributed by atoms with Gasteiger partial charge in [0, 0.05) is 13.7 Å². The zero-order valence-electron chi connectivity index (χ0n) is 10.9. The van der Waals surface area contributed by atoms with Crippen molar-refractivity contribution in [1.29, 1.82) is 0 Å². The minimum absolute atomic E-state index is 0.125. The van der Waals surface area contributed by atoms with Gasteiger partial charge < -0.3 is 30.0 Å². The van der Waals surface area contributed by atoms with E-state index in [1.807, 2.05) is 0 Å². The van der Waals surface area contributed by atoms with Crippen LogP contribution in [0.2, 0.25) is 0 Å². The SMILES string of the molecule is COCCOCCNC(=O)NC1COCC1C(=O)O. The van der Waals surface area contributed by atoms with Gasteiger partial charge in [-0.05, 0) is 0 Å². The highest BCUT2D eigenvalue weighted by molar-refractivity contribution is 5.77. The topological polar surface area (TPSA) is 106 Å². The number of rotatable bonds is 8. The molecule has 0 aromatic carbocycles. The second kappa shape index (κ2) is 8.68. The summed E-state index contributed by atoms with van der Waals surface area (Å²) in [5.74, 6) is -1.66. The standard InChI is InChI=1S/C11H20N2O6/c1-17-4-5-18-3-2-12-11(16)13-9-7-19-6-8(9)10(14)15/h8-9H,2-7H2,1H3,(H,14,15)(H2,12,13,16). The highest BCUT2D eigenvalue weighted by atomic mass is 16.5. The number of nitrogens with one attached hydrogen (secondary N) is 2. The molecule has 0 spiro atoms. The molecular weight excluding hydrogens is 256 g/mol. The van der Waals surface area contributed by atoms with Gasteiger partial charge in [0.15, 0.2) is 0 Å². The number of aliphatic carboxylic acids is 1. The van der Waals surface area contributed by atoms with E-state index in [1.54, 1.807) is 7.11 Å². The molecule has 0 saturated carbocycles. The normalized spacial score (nSPS) is 22.2. The Morgan fingerprint density at radius 2 is 2.11 bits per heavy atom. The molecular formula is C11H20N2O6. The number of carboxylic acids is 1. The lowest BCUT2D eigenvalue weighted by molar-refractivity contribution is -0.142. The fraction of sp³-hybridized carbons (Fsp3) is 0.818. The number of carbonyl (C=O) groups excluding carboxylic acids is 1. The van der Waals surface area contributed by atoms with Crippen LogP contribution in [0.5, 0.6) is 0 Å². The minimum Gasteiger partial charge on any atom is -0.481 e. The van der Waals surface area contributed by atoms with E-state index in [-0.39, 0.29) is 13.2 Å². The monoisotopic (exact) mass is 276 g/mol. The Kier molecular flexibility index (Phi) is 7.16. The first-order valence-corrected chi connectivity index (χ1v) is 6.06. The van der Waals surface area contributed by atoms with Crippen LogP contribution in [-0.2, 0) is 19.0 Å². The van der Waals surface area contributed by atoms with Crippen molar-refractivity contribution in [3.63, 3.8) is 0 Å². The summed E-state index contributed by atoms with van der Waals surface area (Å²) >= 11 is 0. The van der Waals surface area contributed by atoms with E-state index in [0.29, 0.717) is 26.4 Å². The molecule has 0 aromatic rings. The predicted octanol–water partition coefficient (Wildman–Crippen LogP) is -0.952. The Balaban J connectivity index is 2.12. The molecule has 0 bridgehead atoms. The lowest BCUT2D eigenvalue weighted by atomic mass is 10.0. The quantitative estimate of drug-likeness (QED) is 0.493. The first kappa shape index (κ1) is 15.7. The summed E-state index contributed by atoms with van der Waals surface area (Å²) in [7, 11) is 1.58. The Hall–Kier alpha value is -1.38. The van der Waals surface area contributed by atoms with E-state index in [1.165, 1.54) is 0 Å².